The molecule has 1 heteroatoms. The highest BCUT2D eigenvalue weighted by Crippen LogP contribution is 2.10. The molecule has 0 bridgehead atoms. The van der Waals surface area contributed by atoms with Crippen molar-refractivity contribution in [1.82, 2.24) is 0 Å². The van der Waals surface area contributed by atoms with Crippen molar-refractivity contribution in [2.75, 3.05) is 0 Å². The van der Waals surface area contributed by atoms with Gasteiger partial charge in [0.25, 0.3) is 0 Å². The van der Waals surface area contributed by atoms with Crippen LogP contribution in [-0.4, -0.2) is 11.2 Å². The van der Waals surface area contributed by atoms with Crippen LogP contribution in [0.15, 0.2) is 37.0 Å². The molecule has 0 saturated heterocycles. The van der Waals surface area contributed by atoms with E-state index in [1.807, 2.05) is 12.2 Å². The number of unbranched alkanes of at least 4 members (excludes halogenated alkanes) is 4. The fraction of sp³-hybridized carbons (Fsp3) is 0.625. The predicted octanol–water partition coefficient (Wildman–Crippen LogP) is 4.79. The van der Waals surface area contributed by atoms with Crippen LogP contribution in [0.3, 0.4) is 0 Å². The third-order valence-electron chi connectivity index (χ3n) is 2.77. The van der Waals surface area contributed by atoms with E-state index >= 15 is 0 Å². The summed E-state index contributed by atoms with van der Waals surface area (Å²) in [4.78, 5) is 0. The normalized spacial score (nSPS) is 13.5. The Morgan fingerprint density at radius 1 is 1.00 bits per heavy atom. The molecule has 0 rings (SSSR count). The van der Waals surface area contributed by atoms with E-state index < -0.39 is 0 Å². The number of allylic oxidation sites excluding steroid dienone is 5. The van der Waals surface area contributed by atoms with Gasteiger partial charge >= 0.3 is 0 Å². The van der Waals surface area contributed by atoms with Gasteiger partial charge in [-0.15, -0.1) is 0 Å². The van der Waals surface area contributed by atoms with Gasteiger partial charge in [-0.25, -0.2) is 0 Å². The summed E-state index contributed by atoms with van der Waals surface area (Å²) >= 11 is 0. The van der Waals surface area contributed by atoms with E-state index in [-0.39, 0.29) is 6.10 Å². The molecule has 17 heavy (non-hydrogen) atoms. The minimum atomic E-state index is -0.0658. The molecule has 0 aliphatic heterocycles. The van der Waals surface area contributed by atoms with Crippen molar-refractivity contribution >= 4 is 0 Å². The SMILES string of the molecule is C=CC=CC=CCCCCCCC(O)CCC. The summed E-state index contributed by atoms with van der Waals surface area (Å²) in [6, 6.07) is 0. The number of rotatable bonds is 11. The third-order valence-corrected chi connectivity index (χ3v) is 2.77. The molecular formula is C16H28O. The molecule has 0 amide bonds. The van der Waals surface area contributed by atoms with Gasteiger partial charge in [-0.05, 0) is 25.7 Å². The Balaban J connectivity index is 3.21. The van der Waals surface area contributed by atoms with Crippen LogP contribution in [0.2, 0.25) is 0 Å². The molecule has 1 unspecified atom stereocenters. The van der Waals surface area contributed by atoms with Gasteiger partial charge in [0.15, 0.2) is 0 Å². The molecule has 98 valence electrons. The van der Waals surface area contributed by atoms with Crippen LogP contribution >= 0.6 is 0 Å². The van der Waals surface area contributed by atoms with Crippen molar-refractivity contribution in [2.45, 2.75) is 64.4 Å². The minimum Gasteiger partial charge on any atom is -0.393 e. The Bertz CT molecular complexity index is 216. The van der Waals surface area contributed by atoms with E-state index in [1.54, 1.807) is 6.08 Å². The van der Waals surface area contributed by atoms with Crippen LogP contribution < -0.4 is 0 Å². The van der Waals surface area contributed by atoms with Crippen molar-refractivity contribution < 1.29 is 5.11 Å². The van der Waals surface area contributed by atoms with Gasteiger partial charge in [-0.2, -0.15) is 0 Å². The lowest BCUT2D eigenvalue weighted by Gasteiger charge is -2.07. The topological polar surface area (TPSA) is 20.2 Å². The lowest BCUT2D eigenvalue weighted by atomic mass is 10.1. The molecule has 0 aromatic heterocycles. The molecule has 0 aliphatic rings. The van der Waals surface area contributed by atoms with Crippen molar-refractivity contribution in [3.8, 4) is 0 Å². The highest BCUT2D eigenvalue weighted by Gasteiger charge is 2.01. The lowest BCUT2D eigenvalue weighted by molar-refractivity contribution is 0.150. The van der Waals surface area contributed by atoms with E-state index in [9.17, 15) is 5.11 Å². The highest BCUT2D eigenvalue weighted by atomic mass is 16.3. The summed E-state index contributed by atoms with van der Waals surface area (Å²) in [7, 11) is 0. The first-order valence-corrected chi connectivity index (χ1v) is 6.93. The molecule has 1 atom stereocenters. The number of aliphatic hydroxyl groups excluding tert-OH is 1. The molecule has 0 aromatic rings. The number of aliphatic hydroxyl groups is 1. The van der Waals surface area contributed by atoms with Crippen LogP contribution in [0.1, 0.15) is 58.3 Å². The van der Waals surface area contributed by atoms with Gasteiger partial charge in [0.05, 0.1) is 6.10 Å². The molecule has 0 heterocycles. The van der Waals surface area contributed by atoms with Crippen LogP contribution in [0.25, 0.3) is 0 Å². The van der Waals surface area contributed by atoms with Gasteiger partial charge in [-0.1, -0.05) is 69.6 Å². The molecule has 0 saturated carbocycles. The Labute approximate surface area is 107 Å². The van der Waals surface area contributed by atoms with E-state index in [2.05, 4.69) is 25.7 Å². The summed E-state index contributed by atoms with van der Waals surface area (Å²) in [6.45, 7) is 5.74. The Kier molecular flexibility index (Phi) is 12.6. The maximum atomic E-state index is 9.55. The zero-order valence-corrected chi connectivity index (χ0v) is 11.3. The highest BCUT2D eigenvalue weighted by molar-refractivity contribution is 5.08. The molecule has 0 radical (unpaired) electrons. The second-order valence-corrected chi connectivity index (χ2v) is 4.48. The summed E-state index contributed by atoms with van der Waals surface area (Å²) < 4.78 is 0. The van der Waals surface area contributed by atoms with Crippen molar-refractivity contribution in [3.05, 3.63) is 37.0 Å². The Morgan fingerprint density at radius 2 is 1.76 bits per heavy atom. The van der Waals surface area contributed by atoms with Gasteiger partial charge in [0.1, 0.15) is 0 Å². The summed E-state index contributed by atoms with van der Waals surface area (Å²) in [5.41, 5.74) is 0. The smallest absolute Gasteiger partial charge is 0.0540 e. The maximum Gasteiger partial charge on any atom is 0.0540 e. The predicted molar refractivity (Wildman–Crippen MR) is 77.1 cm³/mol. The zero-order valence-electron chi connectivity index (χ0n) is 11.3. The van der Waals surface area contributed by atoms with Crippen molar-refractivity contribution in [3.63, 3.8) is 0 Å². The summed E-state index contributed by atoms with van der Waals surface area (Å²) in [6.07, 6.45) is 19.1. The summed E-state index contributed by atoms with van der Waals surface area (Å²) in [5, 5.41) is 9.55. The quantitative estimate of drug-likeness (QED) is 0.404. The molecule has 1 N–H and O–H groups in total. The second-order valence-electron chi connectivity index (χ2n) is 4.48. The summed E-state index contributed by atoms with van der Waals surface area (Å²) in [5.74, 6) is 0. The Morgan fingerprint density at radius 3 is 2.47 bits per heavy atom. The second kappa shape index (κ2) is 13.2. The fourth-order valence-electron chi connectivity index (χ4n) is 1.79. The first-order chi connectivity index (χ1) is 8.31. The van der Waals surface area contributed by atoms with Gasteiger partial charge in [0.2, 0.25) is 0 Å². The van der Waals surface area contributed by atoms with Gasteiger partial charge in [0, 0.05) is 0 Å². The Hall–Kier alpha value is -0.820. The average Bonchev–Trinajstić information content (AvgIpc) is 2.32. The molecule has 0 aliphatic carbocycles. The number of hydrogen-bond donors (Lipinski definition) is 1. The monoisotopic (exact) mass is 236 g/mol. The van der Waals surface area contributed by atoms with Crippen molar-refractivity contribution in [1.29, 1.82) is 0 Å². The van der Waals surface area contributed by atoms with Crippen molar-refractivity contribution in [2.24, 2.45) is 0 Å². The third kappa shape index (κ3) is 13.1. The van der Waals surface area contributed by atoms with Crippen LogP contribution in [-0.2, 0) is 0 Å². The molecule has 0 aromatic carbocycles. The van der Waals surface area contributed by atoms with E-state index in [0.29, 0.717) is 0 Å². The zero-order chi connectivity index (χ0) is 12.8. The van der Waals surface area contributed by atoms with Gasteiger partial charge < -0.3 is 5.11 Å². The fourth-order valence-corrected chi connectivity index (χ4v) is 1.79. The van der Waals surface area contributed by atoms with E-state index in [1.165, 1.54) is 25.7 Å². The molecule has 1 nitrogen and oxygen atoms in total. The van der Waals surface area contributed by atoms with Crippen LogP contribution in [0, 0.1) is 0 Å². The van der Waals surface area contributed by atoms with Crippen LogP contribution in [0.4, 0.5) is 0 Å². The molecule has 0 spiro atoms. The standard InChI is InChI=1S/C16H28O/c1-3-5-6-7-8-9-10-11-12-13-15-16(17)14-4-2/h3,5-8,16-17H,1,4,9-15H2,2H3. The lowest BCUT2D eigenvalue weighted by Crippen LogP contribution is -2.04. The first kappa shape index (κ1) is 16.2. The average molecular weight is 236 g/mol. The van der Waals surface area contributed by atoms with E-state index in [4.69, 9.17) is 0 Å². The van der Waals surface area contributed by atoms with Crippen LogP contribution in [0.5, 0.6) is 0 Å². The first-order valence-electron chi connectivity index (χ1n) is 6.93. The maximum absolute atomic E-state index is 9.55. The van der Waals surface area contributed by atoms with Gasteiger partial charge in [-0.3, -0.25) is 0 Å². The minimum absolute atomic E-state index is 0.0658. The number of hydrogen-bond acceptors (Lipinski definition) is 1. The van der Waals surface area contributed by atoms with E-state index in [0.717, 1.165) is 25.7 Å². The molecule has 0 fully saturated rings. The molecular weight excluding hydrogens is 208 g/mol. The largest absolute Gasteiger partial charge is 0.393 e.